The molecule has 1 unspecified atom stereocenters. The molecule has 0 saturated heterocycles. The van der Waals surface area contributed by atoms with Crippen LogP contribution in [0.2, 0.25) is 5.02 Å². The number of carboxylic acids is 1. The first-order chi connectivity index (χ1) is 10.5. The Hall–Kier alpha value is -2.34. The van der Waals surface area contributed by atoms with E-state index in [4.69, 9.17) is 16.7 Å². The molecular formula is C15H16ClN3O3. The van der Waals surface area contributed by atoms with Crippen molar-refractivity contribution in [2.45, 2.75) is 25.4 Å². The number of carbonyl (C=O) groups excluding carboxylic acids is 1. The summed E-state index contributed by atoms with van der Waals surface area (Å²) < 4.78 is 1.51. The van der Waals surface area contributed by atoms with Crippen molar-refractivity contribution in [2.75, 3.05) is 0 Å². The second-order valence-electron chi connectivity index (χ2n) is 4.87. The van der Waals surface area contributed by atoms with Crippen molar-refractivity contribution in [2.24, 2.45) is 0 Å². The molecule has 0 aliphatic carbocycles. The number of benzene rings is 1. The topological polar surface area (TPSA) is 84.2 Å². The fraction of sp³-hybridized carbons (Fsp3) is 0.267. The van der Waals surface area contributed by atoms with Gasteiger partial charge in [-0.3, -0.25) is 14.3 Å². The molecule has 0 bridgehead atoms. The van der Waals surface area contributed by atoms with Gasteiger partial charge in [0, 0.05) is 17.4 Å². The van der Waals surface area contributed by atoms with E-state index in [-0.39, 0.29) is 12.3 Å². The SMILES string of the molecule is CC(C(=O)N[C@@H](CC(=O)O)c1ccc(Cl)cc1)n1cccn1. The minimum absolute atomic E-state index is 0.209. The summed E-state index contributed by atoms with van der Waals surface area (Å²) >= 11 is 5.83. The summed E-state index contributed by atoms with van der Waals surface area (Å²) in [4.78, 5) is 23.3. The standard InChI is InChI=1S/C15H16ClN3O3/c1-10(19-8-2-7-17-19)15(22)18-13(9-14(20)21)11-3-5-12(16)6-4-11/h2-8,10,13H,9H2,1H3,(H,18,22)(H,20,21)/t10?,13-/m0/s1. The fourth-order valence-corrected chi connectivity index (χ4v) is 2.17. The van der Waals surface area contributed by atoms with Crippen molar-refractivity contribution >= 4 is 23.5 Å². The molecule has 0 aliphatic rings. The minimum Gasteiger partial charge on any atom is -0.481 e. The molecule has 1 heterocycles. The number of aromatic nitrogens is 2. The molecule has 2 atom stereocenters. The highest BCUT2D eigenvalue weighted by Gasteiger charge is 2.22. The number of nitrogens with zero attached hydrogens (tertiary/aromatic N) is 2. The summed E-state index contributed by atoms with van der Waals surface area (Å²) in [5.74, 6) is -1.29. The van der Waals surface area contributed by atoms with Crippen LogP contribution < -0.4 is 5.32 Å². The van der Waals surface area contributed by atoms with Gasteiger partial charge in [0.1, 0.15) is 6.04 Å². The summed E-state index contributed by atoms with van der Waals surface area (Å²) in [6.45, 7) is 1.70. The Balaban J connectivity index is 2.14. The lowest BCUT2D eigenvalue weighted by Crippen LogP contribution is -2.35. The fourth-order valence-electron chi connectivity index (χ4n) is 2.04. The zero-order valence-corrected chi connectivity index (χ0v) is 12.7. The van der Waals surface area contributed by atoms with Crippen LogP contribution in [0.4, 0.5) is 0 Å². The van der Waals surface area contributed by atoms with E-state index in [2.05, 4.69) is 10.4 Å². The van der Waals surface area contributed by atoms with Crippen molar-refractivity contribution in [3.8, 4) is 0 Å². The molecule has 2 rings (SSSR count). The molecule has 1 aromatic heterocycles. The molecule has 0 fully saturated rings. The molecule has 6 nitrogen and oxygen atoms in total. The van der Waals surface area contributed by atoms with Gasteiger partial charge in [-0.15, -0.1) is 0 Å². The number of hydrogen-bond acceptors (Lipinski definition) is 3. The van der Waals surface area contributed by atoms with E-state index < -0.39 is 18.1 Å². The Morgan fingerprint density at radius 3 is 2.59 bits per heavy atom. The third-order valence-electron chi connectivity index (χ3n) is 3.27. The number of carbonyl (C=O) groups is 2. The first-order valence-electron chi connectivity index (χ1n) is 6.74. The maximum atomic E-state index is 12.3. The highest BCUT2D eigenvalue weighted by atomic mass is 35.5. The lowest BCUT2D eigenvalue weighted by Gasteiger charge is -2.20. The lowest BCUT2D eigenvalue weighted by atomic mass is 10.0. The number of rotatable bonds is 6. The molecule has 7 heteroatoms. The first-order valence-corrected chi connectivity index (χ1v) is 7.12. The quantitative estimate of drug-likeness (QED) is 0.855. The molecule has 0 saturated carbocycles. The Kier molecular flexibility index (Phi) is 5.16. The first kappa shape index (κ1) is 16.0. The number of hydrogen-bond donors (Lipinski definition) is 2. The summed E-state index contributed by atoms with van der Waals surface area (Å²) in [5.41, 5.74) is 0.688. The summed E-state index contributed by atoms with van der Waals surface area (Å²) in [6.07, 6.45) is 3.05. The van der Waals surface area contributed by atoms with Gasteiger partial charge in [0.05, 0.1) is 12.5 Å². The average Bonchev–Trinajstić information content (AvgIpc) is 3.00. The highest BCUT2D eigenvalue weighted by Crippen LogP contribution is 2.20. The maximum Gasteiger partial charge on any atom is 0.305 e. The zero-order chi connectivity index (χ0) is 16.1. The molecule has 0 aliphatic heterocycles. The molecule has 1 amide bonds. The average molecular weight is 322 g/mol. The monoisotopic (exact) mass is 321 g/mol. The van der Waals surface area contributed by atoms with E-state index in [9.17, 15) is 9.59 Å². The molecular weight excluding hydrogens is 306 g/mol. The van der Waals surface area contributed by atoms with Crippen LogP contribution in [0.25, 0.3) is 0 Å². The predicted molar refractivity (Wildman–Crippen MR) is 81.5 cm³/mol. The van der Waals surface area contributed by atoms with Crippen LogP contribution >= 0.6 is 11.6 Å². The van der Waals surface area contributed by atoms with Gasteiger partial charge in [0.25, 0.3) is 0 Å². The van der Waals surface area contributed by atoms with Crippen molar-refractivity contribution < 1.29 is 14.7 Å². The number of nitrogens with one attached hydrogen (secondary N) is 1. The van der Waals surface area contributed by atoms with Crippen LogP contribution in [0.15, 0.2) is 42.7 Å². The van der Waals surface area contributed by atoms with Crippen molar-refractivity contribution in [1.29, 1.82) is 0 Å². The molecule has 0 spiro atoms. The summed E-state index contributed by atoms with van der Waals surface area (Å²) in [7, 11) is 0. The Bertz CT molecular complexity index is 641. The third kappa shape index (κ3) is 4.08. The molecule has 1 aromatic carbocycles. The van der Waals surface area contributed by atoms with Crippen LogP contribution in [0, 0.1) is 0 Å². The normalized spacial score (nSPS) is 13.4. The second-order valence-corrected chi connectivity index (χ2v) is 5.31. The van der Waals surface area contributed by atoms with E-state index >= 15 is 0 Å². The van der Waals surface area contributed by atoms with Gasteiger partial charge < -0.3 is 10.4 Å². The van der Waals surface area contributed by atoms with Gasteiger partial charge in [0.15, 0.2) is 0 Å². The Morgan fingerprint density at radius 1 is 1.36 bits per heavy atom. The summed E-state index contributed by atoms with van der Waals surface area (Å²) in [6, 6.07) is 7.30. The van der Waals surface area contributed by atoms with Crippen LogP contribution in [0.5, 0.6) is 0 Å². The van der Waals surface area contributed by atoms with Gasteiger partial charge in [0.2, 0.25) is 5.91 Å². The number of carboxylic acid groups (broad SMARTS) is 1. The number of aliphatic carboxylic acids is 1. The van der Waals surface area contributed by atoms with Crippen molar-refractivity contribution in [3.05, 3.63) is 53.3 Å². The number of halogens is 1. The van der Waals surface area contributed by atoms with E-state index in [1.54, 1.807) is 49.6 Å². The van der Waals surface area contributed by atoms with Crippen LogP contribution in [-0.2, 0) is 9.59 Å². The molecule has 22 heavy (non-hydrogen) atoms. The Morgan fingerprint density at radius 2 is 2.05 bits per heavy atom. The number of amides is 1. The highest BCUT2D eigenvalue weighted by molar-refractivity contribution is 6.30. The van der Waals surface area contributed by atoms with Gasteiger partial charge >= 0.3 is 5.97 Å². The van der Waals surface area contributed by atoms with Crippen LogP contribution in [0.1, 0.15) is 31.0 Å². The van der Waals surface area contributed by atoms with Crippen LogP contribution in [0.3, 0.4) is 0 Å². The Labute approximate surface area is 132 Å². The van der Waals surface area contributed by atoms with Gasteiger partial charge in [-0.2, -0.15) is 5.10 Å². The molecule has 0 radical (unpaired) electrons. The molecule has 2 N–H and O–H groups in total. The smallest absolute Gasteiger partial charge is 0.305 e. The van der Waals surface area contributed by atoms with Crippen molar-refractivity contribution in [1.82, 2.24) is 15.1 Å². The molecule has 116 valence electrons. The van der Waals surface area contributed by atoms with Crippen LogP contribution in [-0.4, -0.2) is 26.8 Å². The van der Waals surface area contributed by atoms with E-state index in [1.165, 1.54) is 4.68 Å². The zero-order valence-electron chi connectivity index (χ0n) is 11.9. The van der Waals surface area contributed by atoms with E-state index in [0.717, 1.165) is 0 Å². The van der Waals surface area contributed by atoms with Gasteiger partial charge in [-0.05, 0) is 30.7 Å². The van der Waals surface area contributed by atoms with Gasteiger partial charge in [-0.25, -0.2) is 0 Å². The van der Waals surface area contributed by atoms with E-state index in [1.807, 2.05) is 0 Å². The lowest BCUT2D eigenvalue weighted by molar-refractivity contribution is -0.137. The maximum absolute atomic E-state index is 12.3. The second kappa shape index (κ2) is 7.09. The van der Waals surface area contributed by atoms with Gasteiger partial charge in [-0.1, -0.05) is 23.7 Å². The molecule has 2 aromatic rings. The van der Waals surface area contributed by atoms with E-state index in [0.29, 0.717) is 10.6 Å². The minimum atomic E-state index is -0.994. The summed E-state index contributed by atoms with van der Waals surface area (Å²) in [5, 5.41) is 16.4. The van der Waals surface area contributed by atoms with Crippen molar-refractivity contribution in [3.63, 3.8) is 0 Å². The largest absolute Gasteiger partial charge is 0.481 e. The third-order valence-corrected chi connectivity index (χ3v) is 3.52. The predicted octanol–water partition coefficient (Wildman–Crippen LogP) is 2.43.